The molecule has 0 fully saturated rings. The maximum absolute atomic E-state index is 12.2. The Kier molecular flexibility index (Phi) is 4.34. The predicted octanol–water partition coefficient (Wildman–Crippen LogP) is 3.24. The molecule has 1 aliphatic rings. The fraction of sp³-hybridized carbons (Fsp3) is 0.250. The Hall–Kier alpha value is -1.62. The molecule has 0 amide bonds. The molecule has 1 aromatic carbocycles. The molecule has 4 nitrogen and oxygen atoms in total. The molecule has 0 atom stereocenters. The summed E-state index contributed by atoms with van der Waals surface area (Å²) in [4.78, 5) is 21.6. The minimum atomic E-state index is -0.0756. The van der Waals surface area contributed by atoms with E-state index >= 15 is 0 Å². The number of aromatic amines is 1. The van der Waals surface area contributed by atoms with Crippen molar-refractivity contribution >= 4 is 35.4 Å². The SMILES string of the molecule is CN1CCc2nc(C=Cc3cccc(Cl)c3Cl)[nH]c(=O)c2C1. The van der Waals surface area contributed by atoms with Gasteiger partial charge in [0.25, 0.3) is 5.56 Å². The van der Waals surface area contributed by atoms with E-state index in [2.05, 4.69) is 14.9 Å². The van der Waals surface area contributed by atoms with Crippen LogP contribution in [-0.4, -0.2) is 28.5 Å². The summed E-state index contributed by atoms with van der Waals surface area (Å²) in [5.41, 5.74) is 2.34. The molecule has 1 aliphatic heterocycles. The van der Waals surface area contributed by atoms with Gasteiger partial charge in [-0.25, -0.2) is 4.98 Å². The van der Waals surface area contributed by atoms with Crippen molar-refractivity contribution in [1.29, 1.82) is 0 Å². The zero-order valence-corrected chi connectivity index (χ0v) is 13.6. The van der Waals surface area contributed by atoms with Gasteiger partial charge >= 0.3 is 0 Å². The lowest BCUT2D eigenvalue weighted by molar-refractivity contribution is 0.307. The Morgan fingerprint density at radius 2 is 2.14 bits per heavy atom. The molecule has 0 spiro atoms. The number of nitrogens with one attached hydrogen (secondary N) is 1. The molecule has 0 radical (unpaired) electrons. The Morgan fingerprint density at radius 1 is 1.32 bits per heavy atom. The normalized spacial score (nSPS) is 15.2. The smallest absolute Gasteiger partial charge is 0.255 e. The quantitative estimate of drug-likeness (QED) is 0.916. The number of benzene rings is 1. The number of likely N-dealkylation sites (N-methyl/N-ethyl adjacent to an activating group) is 1. The Bertz CT molecular complexity index is 798. The molecule has 3 rings (SSSR count). The van der Waals surface area contributed by atoms with Crippen LogP contribution in [0.2, 0.25) is 10.0 Å². The topological polar surface area (TPSA) is 49.0 Å². The van der Waals surface area contributed by atoms with Gasteiger partial charge in [-0.3, -0.25) is 4.79 Å². The molecular weight excluding hydrogens is 321 g/mol. The largest absolute Gasteiger partial charge is 0.307 e. The summed E-state index contributed by atoms with van der Waals surface area (Å²) in [5.74, 6) is 0.532. The average Bonchev–Trinajstić information content (AvgIpc) is 2.49. The number of H-pyrrole nitrogens is 1. The van der Waals surface area contributed by atoms with Crippen molar-refractivity contribution in [2.24, 2.45) is 0 Å². The number of aromatic nitrogens is 2. The minimum Gasteiger partial charge on any atom is -0.307 e. The van der Waals surface area contributed by atoms with Gasteiger partial charge in [-0.15, -0.1) is 0 Å². The van der Waals surface area contributed by atoms with E-state index in [1.165, 1.54) is 0 Å². The first-order chi connectivity index (χ1) is 10.5. The van der Waals surface area contributed by atoms with Crippen LogP contribution in [0, 0.1) is 0 Å². The van der Waals surface area contributed by atoms with Crippen molar-refractivity contribution in [3.8, 4) is 0 Å². The van der Waals surface area contributed by atoms with E-state index in [9.17, 15) is 4.79 Å². The monoisotopic (exact) mass is 335 g/mol. The number of hydrogen-bond donors (Lipinski definition) is 1. The highest BCUT2D eigenvalue weighted by Crippen LogP contribution is 2.26. The highest BCUT2D eigenvalue weighted by atomic mass is 35.5. The molecule has 1 aromatic heterocycles. The number of halogens is 2. The molecule has 6 heteroatoms. The van der Waals surface area contributed by atoms with Crippen LogP contribution in [0.5, 0.6) is 0 Å². The summed E-state index contributed by atoms with van der Waals surface area (Å²) in [6.07, 6.45) is 4.33. The second-order valence-corrected chi connectivity index (χ2v) is 6.13. The second-order valence-electron chi connectivity index (χ2n) is 5.34. The third-order valence-corrected chi connectivity index (χ3v) is 4.51. The number of fused-ring (bicyclic) bond motifs is 1. The van der Waals surface area contributed by atoms with Gasteiger partial charge in [0.05, 0.1) is 21.3 Å². The van der Waals surface area contributed by atoms with Crippen LogP contribution < -0.4 is 5.56 Å². The van der Waals surface area contributed by atoms with Crippen molar-refractivity contribution in [1.82, 2.24) is 14.9 Å². The first-order valence-corrected chi connectivity index (χ1v) is 7.73. The van der Waals surface area contributed by atoms with Gasteiger partial charge in [0.15, 0.2) is 0 Å². The average molecular weight is 336 g/mol. The van der Waals surface area contributed by atoms with Gasteiger partial charge in [-0.1, -0.05) is 35.3 Å². The van der Waals surface area contributed by atoms with E-state index in [0.29, 0.717) is 22.4 Å². The molecule has 0 unspecified atom stereocenters. The lowest BCUT2D eigenvalue weighted by Crippen LogP contribution is -2.33. The number of nitrogens with zero attached hydrogens (tertiary/aromatic N) is 2. The van der Waals surface area contributed by atoms with Crippen molar-refractivity contribution in [3.63, 3.8) is 0 Å². The van der Waals surface area contributed by atoms with E-state index < -0.39 is 0 Å². The van der Waals surface area contributed by atoms with Gasteiger partial charge in [0.1, 0.15) is 5.82 Å². The van der Waals surface area contributed by atoms with Crippen LogP contribution in [0.25, 0.3) is 12.2 Å². The first-order valence-electron chi connectivity index (χ1n) is 6.97. The summed E-state index contributed by atoms with van der Waals surface area (Å²) >= 11 is 12.1. The Balaban J connectivity index is 1.93. The molecule has 22 heavy (non-hydrogen) atoms. The Labute approximate surface area is 138 Å². The molecule has 2 heterocycles. The van der Waals surface area contributed by atoms with Crippen molar-refractivity contribution in [2.45, 2.75) is 13.0 Å². The third-order valence-electron chi connectivity index (χ3n) is 3.68. The summed E-state index contributed by atoms with van der Waals surface area (Å²) in [5, 5.41) is 0.987. The summed E-state index contributed by atoms with van der Waals surface area (Å²) in [7, 11) is 2.00. The molecular formula is C16H15Cl2N3O. The highest BCUT2D eigenvalue weighted by molar-refractivity contribution is 6.42. The zero-order chi connectivity index (χ0) is 15.7. The van der Waals surface area contributed by atoms with E-state index in [-0.39, 0.29) is 5.56 Å². The summed E-state index contributed by atoms with van der Waals surface area (Å²) < 4.78 is 0. The van der Waals surface area contributed by atoms with Gasteiger partial charge in [-0.05, 0) is 30.8 Å². The number of rotatable bonds is 2. The maximum atomic E-state index is 12.2. The van der Waals surface area contributed by atoms with Crippen LogP contribution in [0.4, 0.5) is 0 Å². The molecule has 1 N–H and O–H groups in total. The van der Waals surface area contributed by atoms with Crippen molar-refractivity contribution < 1.29 is 0 Å². The maximum Gasteiger partial charge on any atom is 0.255 e. The fourth-order valence-corrected chi connectivity index (χ4v) is 2.85. The van der Waals surface area contributed by atoms with Gasteiger partial charge in [0.2, 0.25) is 0 Å². The highest BCUT2D eigenvalue weighted by Gasteiger charge is 2.18. The van der Waals surface area contributed by atoms with Gasteiger partial charge < -0.3 is 9.88 Å². The zero-order valence-electron chi connectivity index (χ0n) is 12.1. The van der Waals surface area contributed by atoms with Gasteiger partial charge in [-0.2, -0.15) is 0 Å². The summed E-state index contributed by atoms with van der Waals surface area (Å²) in [6, 6.07) is 5.42. The molecule has 0 bridgehead atoms. The molecule has 2 aromatic rings. The third kappa shape index (κ3) is 3.09. The summed E-state index contributed by atoms with van der Waals surface area (Å²) in [6.45, 7) is 1.55. The van der Waals surface area contributed by atoms with Crippen LogP contribution >= 0.6 is 23.2 Å². The fourth-order valence-electron chi connectivity index (χ4n) is 2.48. The van der Waals surface area contributed by atoms with Crippen LogP contribution in [0.3, 0.4) is 0 Å². The van der Waals surface area contributed by atoms with Crippen molar-refractivity contribution in [2.75, 3.05) is 13.6 Å². The van der Waals surface area contributed by atoms with Crippen LogP contribution in [-0.2, 0) is 13.0 Å². The lowest BCUT2D eigenvalue weighted by atomic mass is 10.1. The van der Waals surface area contributed by atoms with E-state index in [0.717, 1.165) is 29.8 Å². The van der Waals surface area contributed by atoms with Crippen LogP contribution in [0.1, 0.15) is 22.6 Å². The molecule has 114 valence electrons. The van der Waals surface area contributed by atoms with Crippen molar-refractivity contribution in [3.05, 3.63) is 61.2 Å². The van der Waals surface area contributed by atoms with E-state index in [4.69, 9.17) is 23.2 Å². The lowest BCUT2D eigenvalue weighted by Gasteiger charge is -2.23. The second kappa shape index (κ2) is 6.24. The van der Waals surface area contributed by atoms with E-state index in [1.807, 2.05) is 19.2 Å². The Morgan fingerprint density at radius 3 is 2.95 bits per heavy atom. The minimum absolute atomic E-state index is 0.0756. The van der Waals surface area contributed by atoms with Crippen LogP contribution in [0.15, 0.2) is 23.0 Å². The predicted molar refractivity (Wildman–Crippen MR) is 90.3 cm³/mol. The van der Waals surface area contributed by atoms with Gasteiger partial charge in [0, 0.05) is 19.5 Å². The molecule has 0 saturated heterocycles. The van der Waals surface area contributed by atoms with E-state index in [1.54, 1.807) is 18.2 Å². The molecule has 0 aliphatic carbocycles. The molecule has 0 saturated carbocycles. The number of hydrogen-bond acceptors (Lipinski definition) is 3. The first kappa shape index (κ1) is 15.3. The standard InChI is InChI=1S/C16H15Cl2N3O/c1-21-8-7-13-11(9-21)16(22)20-14(19-13)6-5-10-3-2-4-12(17)15(10)18/h2-6H,7-9H2,1H3,(H,19,20,22).